The Morgan fingerprint density at radius 1 is 0.309 bits per heavy atom. The summed E-state index contributed by atoms with van der Waals surface area (Å²) in [7, 11) is 0. The van der Waals surface area contributed by atoms with Crippen LogP contribution in [-0.4, -0.2) is 0 Å². The fourth-order valence-corrected chi connectivity index (χ4v) is 10.7. The number of fused-ring (bicyclic) bond motifs is 7. The molecule has 3 heteroatoms. The number of hydrogen-bond donors (Lipinski definition) is 0. The third-order valence-corrected chi connectivity index (χ3v) is 13.2. The summed E-state index contributed by atoms with van der Waals surface area (Å²) in [6.07, 6.45) is 0. The maximum Gasteiger partial charge on any atom is 0.0540 e. The summed E-state index contributed by atoms with van der Waals surface area (Å²) in [6.45, 7) is 0. The van der Waals surface area contributed by atoms with Crippen LogP contribution in [0.2, 0.25) is 0 Å². The van der Waals surface area contributed by atoms with Crippen molar-refractivity contribution < 1.29 is 0 Å². The van der Waals surface area contributed by atoms with Gasteiger partial charge in [0, 0.05) is 57.3 Å². The molecule has 1 nitrogen and oxygen atoms in total. The molecule has 11 rings (SSSR count). The maximum absolute atomic E-state index is 2.44. The molecular formula is C52H33NS2. The van der Waals surface area contributed by atoms with Gasteiger partial charge in [-0.25, -0.2) is 0 Å². The molecule has 2 heterocycles. The van der Waals surface area contributed by atoms with Crippen LogP contribution >= 0.6 is 22.7 Å². The summed E-state index contributed by atoms with van der Waals surface area (Å²) in [4.78, 5) is 2.44. The molecule has 9 aromatic carbocycles. The van der Waals surface area contributed by atoms with Crippen molar-refractivity contribution in [1.29, 1.82) is 0 Å². The molecule has 0 spiro atoms. The summed E-state index contributed by atoms with van der Waals surface area (Å²) >= 11 is 3.74. The Morgan fingerprint density at radius 2 is 0.873 bits per heavy atom. The van der Waals surface area contributed by atoms with E-state index < -0.39 is 0 Å². The zero-order chi connectivity index (χ0) is 36.3. The van der Waals surface area contributed by atoms with Gasteiger partial charge in [-0.3, -0.25) is 0 Å². The van der Waals surface area contributed by atoms with Gasteiger partial charge in [-0.05, 0) is 87.1 Å². The average molecular weight is 736 g/mol. The number of rotatable bonds is 6. The highest BCUT2D eigenvalue weighted by Crippen LogP contribution is 2.46. The smallest absolute Gasteiger partial charge is 0.0540 e. The molecule has 0 N–H and O–H groups in total. The number of benzene rings is 9. The molecule has 0 saturated heterocycles. The van der Waals surface area contributed by atoms with Crippen LogP contribution in [0.4, 0.5) is 17.1 Å². The Balaban J connectivity index is 1.07. The van der Waals surface area contributed by atoms with E-state index >= 15 is 0 Å². The predicted octanol–water partition coefficient (Wildman–Crippen LogP) is 16.0. The maximum atomic E-state index is 2.44. The molecule has 0 fully saturated rings. The van der Waals surface area contributed by atoms with E-state index in [1.54, 1.807) is 0 Å². The molecule has 0 aliphatic carbocycles. The second kappa shape index (κ2) is 13.1. The van der Waals surface area contributed by atoms with Crippen molar-refractivity contribution in [3.8, 4) is 33.4 Å². The van der Waals surface area contributed by atoms with Crippen LogP contribution in [0.15, 0.2) is 200 Å². The van der Waals surface area contributed by atoms with E-state index in [0.29, 0.717) is 0 Å². The van der Waals surface area contributed by atoms with Crippen LogP contribution in [0.25, 0.3) is 84.5 Å². The molecule has 0 unspecified atom stereocenters. The Bertz CT molecular complexity index is 3220. The van der Waals surface area contributed by atoms with E-state index in [1.165, 1.54) is 84.5 Å². The van der Waals surface area contributed by atoms with E-state index in [2.05, 4.69) is 205 Å². The minimum Gasteiger partial charge on any atom is -0.310 e. The van der Waals surface area contributed by atoms with Gasteiger partial charge in [0.2, 0.25) is 0 Å². The summed E-state index contributed by atoms with van der Waals surface area (Å²) in [5.41, 5.74) is 10.7. The molecule has 0 amide bonds. The van der Waals surface area contributed by atoms with Crippen molar-refractivity contribution in [2.45, 2.75) is 0 Å². The Hall–Kier alpha value is -6.52. The Morgan fingerprint density at radius 3 is 1.73 bits per heavy atom. The largest absolute Gasteiger partial charge is 0.310 e. The van der Waals surface area contributed by atoms with Gasteiger partial charge >= 0.3 is 0 Å². The van der Waals surface area contributed by atoms with Gasteiger partial charge in [-0.1, -0.05) is 152 Å². The molecular weight excluding hydrogens is 703 g/mol. The minimum absolute atomic E-state index is 1.12. The lowest BCUT2D eigenvalue weighted by Crippen LogP contribution is -2.11. The molecule has 2 aromatic heterocycles. The van der Waals surface area contributed by atoms with Crippen LogP contribution in [0, 0.1) is 0 Å². The topological polar surface area (TPSA) is 3.24 Å². The Labute approximate surface area is 327 Å². The van der Waals surface area contributed by atoms with E-state index in [4.69, 9.17) is 0 Å². The first kappa shape index (κ1) is 32.0. The molecule has 11 aromatic rings. The Kier molecular flexibility index (Phi) is 7.61. The lowest BCUT2D eigenvalue weighted by molar-refractivity contribution is 1.29. The summed E-state index contributed by atoms with van der Waals surface area (Å²) in [5.74, 6) is 0. The normalized spacial score (nSPS) is 11.6. The summed E-state index contributed by atoms with van der Waals surface area (Å²) < 4.78 is 5.25. The van der Waals surface area contributed by atoms with Gasteiger partial charge in [0.05, 0.1) is 5.69 Å². The zero-order valence-corrected chi connectivity index (χ0v) is 31.4. The predicted molar refractivity (Wildman–Crippen MR) is 241 cm³/mol. The van der Waals surface area contributed by atoms with Gasteiger partial charge < -0.3 is 4.90 Å². The van der Waals surface area contributed by atoms with Crippen molar-refractivity contribution in [3.05, 3.63) is 200 Å². The van der Waals surface area contributed by atoms with Crippen molar-refractivity contribution in [2.75, 3.05) is 4.90 Å². The molecule has 258 valence electrons. The van der Waals surface area contributed by atoms with Gasteiger partial charge in [-0.2, -0.15) is 0 Å². The van der Waals surface area contributed by atoms with Crippen LogP contribution in [0.3, 0.4) is 0 Å². The van der Waals surface area contributed by atoms with E-state index in [9.17, 15) is 0 Å². The third kappa shape index (κ3) is 5.43. The number of anilines is 3. The molecule has 0 radical (unpaired) electrons. The fourth-order valence-electron chi connectivity index (χ4n) is 8.29. The first-order valence-corrected chi connectivity index (χ1v) is 20.3. The van der Waals surface area contributed by atoms with Crippen molar-refractivity contribution in [3.63, 3.8) is 0 Å². The van der Waals surface area contributed by atoms with Crippen LogP contribution < -0.4 is 4.90 Å². The molecule has 0 aliphatic heterocycles. The van der Waals surface area contributed by atoms with Crippen LogP contribution in [0.1, 0.15) is 0 Å². The molecule has 0 aliphatic rings. The second-order valence-electron chi connectivity index (χ2n) is 14.1. The summed E-state index contributed by atoms with van der Waals surface area (Å²) in [6, 6.07) is 73.4. The number of nitrogens with zero attached hydrogens (tertiary/aromatic N) is 1. The zero-order valence-electron chi connectivity index (χ0n) is 29.8. The van der Waals surface area contributed by atoms with Gasteiger partial charge in [0.1, 0.15) is 0 Å². The first-order chi connectivity index (χ1) is 27.3. The number of para-hydroxylation sites is 1. The summed E-state index contributed by atoms with van der Waals surface area (Å²) in [5, 5.41) is 7.77. The highest BCUT2D eigenvalue weighted by Gasteiger charge is 2.20. The molecule has 0 bridgehead atoms. The van der Waals surface area contributed by atoms with Gasteiger partial charge in [0.15, 0.2) is 0 Å². The van der Waals surface area contributed by atoms with E-state index in [0.717, 1.165) is 17.1 Å². The standard InChI is InChI=1S/C52H33NS2/c1-2-16-40-34(12-1)13-10-20-41(40)36-14-9-15-37(32-36)42-17-3-6-23-48(42)53(39-30-31-46-44-18-4-7-24-49(44)54-51(46)33-39)38-28-26-35(27-29-38)43-21-11-22-47-45-19-5-8-25-50(45)55-52(43)47/h1-33H. The molecule has 0 saturated carbocycles. The quantitative estimate of drug-likeness (QED) is 0.164. The van der Waals surface area contributed by atoms with Gasteiger partial charge in [-0.15, -0.1) is 22.7 Å². The monoisotopic (exact) mass is 735 g/mol. The fraction of sp³-hybridized carbons (Fsp3) is 0. The third-order valence-electron chi connectivity index (χ3n) is 10.9. The first-order valence-electron chi connectivity index (χ1n) is 18.7. The van der Waals surface area contributed by atoms with Crippen LogP contribution in [0.5, 0.6) is 0 Å². The van der Waals surface area contributed by atoms with Crippen molar-refractivity contribution in [2.24, 2.45) is 0 Å². The highest BCUT2D eigenvalue weighted by molar-refractivity contribution is 7.26. The lowest BCUT2D eigenvalue weighted by atomic mass is 9.94. The number of hydrogen-bond acceptors (Lipinski definition) is 3. The molecule has 0 atom stereocenters. The number of thiophene rings is 2. The van der Waals surface area contributed by atoms with Crippen LogP contribution in [-0.2, 0) is 0 Å². The highest BCUT2D eigenvalue weighted by atomic mass is 32.1. The molecule has 55 heavy (non-hydrogen) atoms. The minimum atomic E-state index is 1.12. The van der Waals surface area contributed by atoms with Crippen molar-refractivity contribution >= 4 is 90.9 Å². The second-order valence-corrected chi connectivity index (χ2v) is 16.2. The van der Waals surface area contributed by atoms with Gasteiger partial charge in [0.25, 0.3) is 0 Å². The van der Waals surface area contributed by atoms with Crippen molar-refractivity contribution in [1.82, 2.24) is 0 Å². The van der Waals surface area contributed by atoms with E-state index in [1.807, 2.05) is 22.7 Å². The SMILES string of the molecule is c1cc(-c2ccccc2N(c2ccc(-c3cccc4c3sc3ccccc34)cc2)c2ccc3c(c2)sc2ccccc23)cc(-c2cccc3ccccc23)c1. The van der Waals surface area contributed by atoms with E-state index in [-0.39, 0.29) is 0 Å². The average Bonchev–Trinajstić information content (AvgIpc) is 3.82. The lowest BCUT2D eigenvalue weighted by Gasteiger charge is -2.28.